The number of rotatable bonds is 46. The van der Waals surface area contributed by atoms with Gasteiger partial charge in [0.15, 0.2) is 6.10 Å². The Bertz CT molecular complexity index is 914. The van der Waals surface area contributed by atoms with E-state index < -0.39 is 6.10 Å². The zero-order valence-electron chi connectivity index (χ0n) is 40.5. The van der Waals surface area contributed by atoms with Gasteiger partial charge in [-0.3, -0.25) is 14.4 Å². The topological polar surface area (TPSA) is 78.9 Å². The summed E-state index contributed by atoms with van der Waals surface area (Å²) in [5.41, 5.74) is 0. The van der Waals surface area contributed by atoms with Crippen molar-refractivity contribution in [1.82, 2.24) is 0 Å². The van der Waals surface area contributed by atoms with Gasteiger partial charge in [0.1, 0.15) is 13.2 Å². The lowest BCUT2D eigenvalue weighted by Crippen LogP contribution is -2.30. The quantitative estimate of drug-likeness (QED) is 0.0345. The Balaban J connectivity index is 4.24. The number of unbranched alkanes of at least 4 members (excludes halogenated alkanes) is 29. The first-order valence-corrected chi connectivity index (χ1v) is 26.1. The summed E-state index contributed by atoms with van der Waals surface area (Å²) in [5, 5.41) is 0. The molecule has 0 aliphatic heterocycles. The van der Waals surface area contributed by atoms with E-state index >= 15 is 0 Å². The molecule has 0 saturated carbocycles. The van der Waals surface area contributed by atoms with Crippen molar-refractivity contribution in [2.75, 3.05) is 13.2 Å². The lowest BCUT2D eigenvalue weighted by Gasteiger charge is -2.18. The van der Waals surface area contributed by atoms with Gasteiger partial charge >= 0.3 is 17.9 Å². The van der Waals surface area contributed by atoms with E-state index in [0.717, 1.165) is 75.5 Å². The van der Waals surface area contributed by atoms with Crippen molar-refractivity contribution in [3.63, 3.8) is 0 Å². The number of ether oxygens (including phenoxy) is 3. The van der Waals surface area contributed by atoms with Crippen LogP contribution in [-0.4, -0.2) is 37.2 Å². The molecule has 0 saturated heterocycles. The molecule has 0 spiro atoms. The smallest absolute Gasteiger partial charge is 0.306 e. The molecule has 350 valence electrons. The fourth-order valence-electron chi connectivity index (χ4n) is 7.94. The van der Waals surface area contributed by atoms with Crippen molar-refractivity contribution in [3.8, 4) is 0 Å². The second kappa shape index (κ2) is 44.5. The largest absolute Gasteiger partial charge is 0.462 e. The number of hydrogen-bond donors (Lipinski definition) is 0. The van der Waals surface area contributed by atoms with Gasteiger partial charge in [-0.05, 0) is 37.0 Å². The monoisotopic (exact) mass is 835 g/mol. The van der Waals surface area contributed by atoms with Gasteiger partial charge in [0.05, 0.1) is 0 Å². The Labute approximate surface area is 368 Å². The number of carbonyl (C=O) groups is 3. The van der Waals surface area contributed by atoms with Crippen LogP contribution in [0.3, 0.4) is 0 Å². The normalized spacial score (nSPS) is 12.2. The fraction of sp³-hybridized carbons (Fsp3) is 0.943. The molecule has 0 aromatic heterocycles. The minimum atomic E-state index is -0.763. The van der Waals surface area contributed by atoms with E-state index in [1.54, 1.807) is 0 Å². The molecule has 0 amide bonds. The number of carbonyl (C=O) groups excluding carboxylic acids is 3. The molecular weight excluding hydrogens is 733 g/mol. The summed E-state index contributed by atoms with van der Waals surface area (Å²) in [6.07, 6.45) is 43.9. The second-order valence-corrected chi connectivity index (χ2v) is 19.6. The maximum Gasteiger partial charge on any atom is 0.306 e. The van der Waals surface area contributed by atoms with Crippen molar-refractivity contribution < 1.29 is 28.6 Å². The van der Waals surface area contributed by atoms with Gasteiger partial charge in [0, 0.05) is 19.3 Å². The van der Waals surface area contributed by atoms with E-state index in [1.165, 1.54) is 167 Å². The van der Waals surface area contributed by atoms with Crippen LogP contribution in [0.15, 0.2) is 0 Å². The van der Waals surface area contributed by atoms with Gasteiger partial charge in [0.25, 0.3) is 0 Å². The molecule has 0 N–H and O–H groups in total. The highest BCUT2D eigenvalue weighted by molar-refractivity contribution is 5.71. The third-order valence-electron chi connectivity index (χ3n) is 11.9. The van der Waals surface area contributed by atoms with Gasteiger partial charge in [0.2, 0.25) is 0 Å². The van der Waals surface area contributed by atoms with Crippen LogP contribution < -0.4 is 0 Å². The van der Waals surface area contributed by atoms with E-state index in [9.17, 15) is 14.4 Å². The summed E-state index contributed by atoms with van der Waals surface area (Å²) in [4.78, 5) is 37.9. The zero-order valence-corrected chi connectivity index (χ0v) is 40.5. The molecule has 0 fully saturated rings. The predicted octanol–water partition coefficient (Wildman–Crippen LogP) is 16.8. The van der Waals surface area contributed by atoms with E-state index in [2.05, 4.69) is 41.5 Å². The van der Waals surface area contributed by atoms with E-state index in [1.807, 2.05) is 0 Å². The molecule has 0 unspecified atom stereocenters. The van der Waals surface area contributed by atoms with Gasteiger partial charge in [-0.2, -0.15) is 0 Å². The summed E-state index contributed by atoms with van der Waals surface area (Å²) in [6.45, 7) is 13.7. The minimum Gasteiger partial charge on any atom is -0.462 e. The van der Waals surface area contributed by atoms with Gasteiger partial charge in [-0.25, -0.2) is 0 Å². The molecule has 0 heterocycles. The summed E-state index contributed by atoms with van der Waals surface area (Å²) < 4.78 is 16.8. The SMILES string of the molecule is CC(C)CCCCCCCCCCCCCCCCCCC(=O)OC[C@@H](COC(=O)CCCCCCCCCCC(C)C)OC(=O)CCCCCCCCCCC(C)C. The molecule has 6 nitrogen and oxygen atoms in total. The second-order valence-electron chi connectivity index (χ2n) is 19.6. The first-order chi connectivity index (χ1) is 28.6. The van der Waals surface area contributed by atoms with E-state index in [-0.39, 0.29) is 31.1 Å². The molecular formula is C53H102O6. The van der Waals surface area contributed by atoms with Crippen LogP contribution in [0.5, 0.6) is 0 Å². The molecule has 1 atom stereocenters. The Morgan fingerprint density at radius 2 is 0.492 bits per heavy atom. The fourth-order valence-corrected chi connectivity index (χ4v) is 7.94. The van der Waals surface area contributed by atoms with Crippen molar-refractivity contribution in [3.05, 3.63) is 0 Å². The first-order valence-electron chi connectivity index (χ1n) is 26.1. The van der Waals surface area contributed by atoms with E-state index in [0.29, 0.717) is 19.3 Å². The van der Waals surface area contributed by atoms with Crippen LogP contribution in [0.2, 0.25) is 0 Å². The average molecular weight is 835 g/mol. The highest BCUT2D eigenvalue weighted by Crippen LogP contribution is 2.18. The standard InChI is InChI=1S/C53H102O6/c1-47(2)39-33-27-21-15-13-11-9-7-8-10-12-14-16-24-30-36-42-51(54)57-45-50(59-53(56)44-38-32-26-20-18-23-29-35-41-49(5)6)46-58-52(55)43-37-31-25-19-17-22-28-34-40-48(3)4/h47-50H,7-46H2,1-6H3/t50-/m0/s1. The first kappa shape index (κ1) is 57.4. The minimum absolute atomic E-state index is 0.0652. The molecule has 0 rings (SSSR count). The number of esters is 3. The van der Waals surface area contributed by atoms with Crippen LogP contribution in [0.25, 0.3) is 0 Å². The highest BCUT2D eigenvalue weighted by Gasteiger charge is 2.19. The van der Waals surface area contributed by atoms with Gasteiger partial charge in [-0.15, -0.1) is 0 Å². The van der Waals surface area contributed by atoms with Crippen LogP contribution in [0.4, 0.5) is 0 Å². The maximum absolute atomic E-state index is 12.7. The third-order valence-corrected chi connectivity index (χ3v) is 11.9. The Kier molecular flexibility index (Phi) is 43.3. The third kappa shape index (κ3) is 47.3. The van der Waals surface area contributed by atoms with Crippen LogP contribution in [0.1, 0.15) is 286 Å². The molecule has 0 aliphatic carbocycles. The lowest BCUT2D eigenvalue weighted by atomic mass is 10.0. The Morgan fingerprint density at radius 1 is 0.288 bits per heavy atom. The molecule has 6 heteroatoms. The summed E-state index contributed by atoms with van der Waals surface area (Å²) in [5.74, 6) is 1.59. The maximum atomic E-state index is 12.7. The molecule has 0 aromatic carbocycles. The molecule has 59 heavy (non-hydrogen) atoms. The summed E-state index contributed by atoms with van der Waals surface area (Å²) in [6, 6.07) is 0. The van der Waals surface area contributed by atoms with Crippen LogP contribution in [-0.2, 0) is 28.6 Å². The zero-order chi connectivity index (χ0) is 43.4. The summed E-state index contributed by atoms with van der Waals surface area (Å²) in [7, 11) is 0. The molecule has 0 aliphatic rings. The average Bonchev–Trinajstić information content (AvgIpc) is 3.19. The number of hydrogen-bond acceptors (Lipinski definition) is 6. The molecule has 0 aromatic rings. The Morgan fingerprint density at radius 3 is 0.729 bits per heavy atom. The molecule has 0 radical (unpaired) electrons. The van der Waals surface area contributed by atoms with Gasteiger partial charge < -0.3 is 14.2 Å². The van der Waals surface area contributed by atoms with Crippen LogP contribution in [0, 0.1) is 17.8 Å². The molecule has 0 bridgehead atoms. The lowest BCUT2D eigenvalue weighted by molar-refractivity contribution is -0.167. The van der Waals surface area contributed by atoms with Crippen molar-refractivity contribution >= 4 is 17.9 Å². The van der Waals surface area contributed by atoms with E-state index in [4.69, 9.17) is 14.2 Å². The summed E-state index contributed by atoms with van der Waals surface area (Å²) >= 11 is 0. The van der Waals surface area contributed by atoms with Crippen molar-refractivity contribution in [2.45, 2.75) is 292 Å². The predicted molar refractivity (Wildman–Crippen MR) is 252 cm³/mol. The van der Waals surface area contributed by atoms with Gasteiger partial charge in [-0.1, -0.05) is 247 Å². The van der Waals surface area contributed by atoms with Crippen LogP contribution >= 0.6 is 0 Å². The Hall–Kier alpha value is -1.59. The van der Waals surface area contributed by atoms with Crippen molar-refractivity contribution in [2.24, 2.45) is 17.8 Å². The van der Waals surface area contributed by atoms with Crippen molar-refractivity contribution in [1.29, 1.82) is 0 Å². The highest BCUT2D eigenvalue weighted by atomic mass is 16.6.